The molecule has 0 spiro atoms. The number of fused-ring (bicyclic) bond motifs is 1. The minimum Gasteiger partial charge on any atom is -0.303 e. The maximum Gasteiger partial charge on any atom is -0.00187 e. The van der Waals surface area contributed by atoms with Crippen molar-refractivity contribution < 1.29 is 0 Å². The number of hydrogen-bond acceptors (Lipinski definition) is 1. The molecule has 0 heterocycles. The van der Waals surface area contributed by atoms with Crippen LogP contribution in [0.2, 0.25) is 0 Å². The van der Waals surface area contributed by atoms with Crippen LogP contribution in [0, 0.1) is 0 Å². The van der Waals surface area contributed by atoms with Crippen LogP contribution in [0.25, 0.3) is 10.8 Å². The maximum absolute atomic E-state index is 2.66. The molecule has 0 fully saturated rings. The molecule has 0 N–H and O–H groups in total. The molecule has 0 atom stereocenters. The highest BCUT2D eigenvalue weighted by molar-refractivity contribution is 5.85. The van der Waals surface area contributed by atoms with E-state index in [9.17, 15) is 0 Å². The van der Waals surface area contributed by atoms with Gasteiger partial charge in [-0.3, -0.25) is 0 Å². The summed E-state index contributed by atoms with van der Waals surface area (Å²) in [6.45, 7) is 8.52. The fraction of sp³-hybridized carbons (Fsp3) is 0.706. The Morgan fingerprint density at radius 3 is 1.46 bits per heavy atom. The first kappa shape index (κ1) is 29.9. The molecule has 35 heavy (non-hydrogen) atoms. The Hall–Kier alpha value is -1.34. The molecule has 0 aliphatic rings. The van der Waals surface area contributed by atoms with Crippen LogP contribution >= 0.6 is 0 Å². The van der Waals surface area contributed by atoms with E-state index >= 15 is 0 Å². The zero-order chi connectivity index (χ0) is 24.8. The van der Waals surface area contributed by atoms with Crippen LogP contribution in [-0.4, -0.2) is 24.5 Å². The van der Waals surface area contributed by atoms with Gasteiger partial charge in [0.05, 0.1) is 0 Å². The van der Waals surface area contributed by atoms with E-state index in [1.807, 2.05) is 0 Å². The Bertz CT molecular complexity index is 725. The van der Waals surface area contributed by atoms with Gasteiger partial charge >= 0.3 is 0 Å². The molecular formula is C34H57N. The van der Waals surface area contributed by atoms with Gasteiger partial charge in [0.15, 0.2) is 0 Å². The SMILES string of the molecule is CCCN(CCC)CCCCCCCCCCCCCCCCCCc1cccc2ccccc12. The number of hydrogen-bond donors (Lipinski definition) is 0. The molecular weight excluding hydrogens is 422 g/mol. The van der Waals surface area contributed by atoms with Gasteiger partial charge in [-0.2, -0.15) is 0 Å². The van der Waals surface area contributed by atoms with Gasteiger partial charge in [0, 0.05) is 0 Å². The van der Waals surface area contributed by atoms with Crippen molar-refractivity contribution in [3.8, 4) is 0 Å². The summed E-state index contributed by atoms with van der Waals surface area (Å²) in [7, 11) is 0. The molecule has 0 bridgehead atoms. The molecule has 0 aliphatic heterocycles. The highest BCUT2D eigenvalue weighted by Gasteiger charge is 2.02. The topological polar surface area (TPSA) is 3.24 Å². The molecule has 0 aliphatic carbocycles. The third kappa shape index (κ3) is 14.1. The summed E-state index contributed by atoms with van der Waals surface area (Å²) in [6.07, 6.45) is 26.9. The van der Waals surface area contributed by atoms with E-state index in [-0.39, 0.29) is 0 Å². The quantitative estimate of drug-likeness (QED) is 0.143. The number of benzene rings is 2. The predicted molar refractivity (Wildman–Crippen MR) is 159 cm³/mol. The van der Waals surface area contributed by atoms with Crippen LogP contribution in [0.4, 0.5) is 0 Å². The van der Waals surface area contributed by atoms with Gasteiger partial charge in [0.1, 0.15) is 0 Å². The molecule has 2 rings (SSSR count). The minimum absolute atomic E-state index is 1.23. The summed E-state index contributed by atoms with van der Waals surface area (Å²) >= 11 is 0. The lowest BCUT2D eigenvalue weighted by Crippen LogP contribution is -2.26. The van der Waals surface area contributed by atoms with Crippen molar-refractivity contribution >= 4 is 10.8 Å². The Morgan fingerprint density at radius 2 is 0.914 bits per heavy atom. The van der Waals surface area contributed by atoms with Crippen molar-refractivity contribution in [3.05, 3.63) is 48.0 Å². The Morgan fingerprint density at radius 1 is 0.457 bits per heavy atom. The van der Waals surface area contributed by atoms with Gasteiger partial charge in [-0.05, 0) is 68.1 Å². The van der Waals surface area contributed by atoms with Crippen molar-refractivity contribution in [2.75, 3.05) is 19.6 Å². The lowest BCUT2D eigenvalue weighted by molar-refractivity contribution is 0.267. The molecule has 198 valence electrons. The highest BCUT2D eigenvalue weighted by atomic mass is 15.1. The van der Waals surface area contributed by atoms with Crippen LogP contribution in [-0.2, 0) is 6.42 Å². The molecule has 0 amide bonds. The Balaban J connectivity index is 1.30. The van der Waals surface area contributed by atoms with Crippen molar-refractivity contribution in [2.24, 2.45) is 0 Å². The summed E-state index contributed by atoms with van der Waals surface area (Å²) in [5, 5.41) is 2.84. The summed E-state index contributed by atoms with van der Waals surface area (Å²) in [4.78, 5) is 2.66. The molecule has 2 aromatic rings. The van der Waals surface area contributed by atoms with Gasteiger partial charge in [-0.15, -0.1) is 0 Å². The van der Waals surface area contributed by atoms with Crippen molar-refractivity contribution in [3.63, 3.8) is 0 Å². The van der Waals surface area contributed by atoms with Gasteiger partial charge < -0.3 is 4.90 Å². The van der Waals surface area contributed by atoms with Crippen molar-refractivity contribution in [1.29, 1.82) is 0 Å². The highest BCUT2D eigenvalue weighted by Crippen LogP contribution is 2.21. The molecule has 0 saturated carbocycles. The summed E-state index contributed by atoms with van der Waals surface area (Å²) in [6, 6.07) is 15.6. The normalized spacial score (nSPS) is 11.6. The van der Waals surface area contributed by atoms with Crippen LogP contribution in [0.1, 0.15) is 135 Å². The third-order valence-corrected chi connectivity index (χ3v) is 7.63. The average molecular weight is 480 g/mol. The van der Waals surface area contributed by atoms with E-state index in [0.717, 1.165) is 0 Å². The van der Waals surface area contributed by atoms with Crippen LogP contribution in [0.3, 0.4) is 0 Å². The fourth-order valence-electron chi connectivity index (χ4n) is 5.60. The zero-order valence-corrected chi connectivity index (χ0v) is 23.5. The van der Waals surface area contributed by atoms with E-state index in [1.165, 1.54) is 158 Å². The first-order chi connectivity index (χ1) is 17.3. The Kier molecular flexibility index (Phi) is 17.8. The monoisotopic (exact) mass is 479 g/mol. The average Bonchev–Trinajstić information content (AvgIpc) is 2.88. The summed E-state index contributed by atoms with van der Waals surface area (Å²) in [5.41, 5.74) is 1.53. The summed E-state index contributed by atoms with van der Waals surface area (Å²) < 4.78 is 0. The van der Waals surface area contributed by atoms with E-state index in [4.69, 9.17) is 0 Å². The first-order valence-electron chi connectivity index (χ1n) is 15.5. The minimum atomic E-state index is 1.23. The number of aryl methyl sites for hydroxylation is 1. The molecule has 1 nitrogen and oxygen atoms in total. The molecule has 0 saturated heterocycles. The molecule has 2 aromatic carbocycles. The number of nitrogens with zero attached hydrogens (tertiary/aromatic N) is 1. The largest absolute Gasteiger partial charge is 0.303 e. The third-order valence-electron chi connectivity index (χ3n) is 7.63. The van der Waals surface area contributed by atoms with Crippen LogP contribution in [0.15, 0.2) is 42.5 Å². The standard InChI is InChI=1S/C34H57N/c1-3-29-35(30-4-2)31-22-18-16-14-12-10-8-6-5-7-9-11-13-15-17-19-24-32-26-23-27-33-25-20-21-28-34(32)33/h20-21,23,25-28H,3-19,22,24,29-31H2,1-2H3. The maximum atomic E-state index is 2.66. The molecule has 0 radical (unpaired) electrons. The zero-order valence-electron chi connectivity index (χ0n) is 23.5. The predicted octanol–water partition coefficient (Wildman–Crippen LogP) is 10.7. The van der Waals surface area contributed by atoms with Gasteiger partial charge in [0.25, 0.3) is 0 Å². The second-order valence-electron chi connectivity index (χ2n) is 10.9. The van der Waals surface area contributed by atoms with Crippen molar-refractivity contribution in [2.45, 2.75) is 136 Å². The summed E-state index contributed by atoms with van der Waals surface area (Å²) in [5.74, 6) is 0. The fourth-order valence-corrected chi connectivity index (χ4v) is 5.60. The van der Waals surface area contributed by atoms with Gasteiger partial charge in [-0.1, -0.05) is 146 Å². The van der Waals surface area contributed by atoms with E-state index < -0.39 is 0 Å². The molecule has 1 heteroatoms. The lowest BCUT2D eigenvalue weighted by Gasteiger charge is -2.20. The van der Waals surface area contributed by atoms with E-state index in [1.54, 1.807) is 0 Å². The first-order valence-corrected chi connectivity index (χ1v) is 15.5. The molecule has 0 aromatic heterocycles. The van der Waals surface area contributed by atoms with Crippen molar-refractivity contribution in [1.82, 2.24) is 4.90 Å². The van der Waals surface area contributed by atoms with E-state index in [0.29, 0.717) is 0 Å². The Labute approximate surface area is 219 Å². The smallest absolute Gasteiger partial charge is 0.00187 e. The molecule has 0 unspecified atom stereocenters. The lowest BCUT2D eigenvalue weighted by atomic mass is 9.99. The second kappa shape index (κ2) is 20.8. The van der Waals surface area contributed by atoms with Gasteiger partial charge in [0.2, 0.25) is 0 Å². The number of rotatable bonds is 23. The number of unbranched alkanes of at least 4 members (excludes halogenated alkanes) is 15. The van der Waals surface area contributed by atoms with Gasteiger partial charge in [-0.25, -0.2) is 0 Å². The second-order valence-corrected chi connectivity index (χ2v) is 10.9. The van der Waals surface area contributed by atoms with E-state index in [2.05, 4.69) is 61.2 Å². The van der Waals surface area contributed by atoms with Crippen LogP contribution in [0.5, 0.6) is 0 Å². The van der Waals surface area contributed by atoms with Crippen LogP contribution < -0.4 is 0 Å².